The molecule has 0 bridgehead atoms. The number of rotatable bonds is 8. The molecular weight excluding hydrogens is 427 g/mol. The monoisotopic (exact) mass is 466 g/mol. The minimum atomic E-state index is 0. The van der Waals surface area contributed by atoms with E-state index in [1.165, 1.54) is 51.6 Å². The van der Waals surface area contributed by atoms with Crippen molar-refractivity contribution in [1.82, 2.24) is 15.5 Å². The van der Waals surface area contributed by atoms with Crippen LogP contribution in [0.5, 0.6) is 0 Å². The SMILES string of the molecule is CN=C(NCCN1CCCC(C)C1)NCC1(CCOC)CCCC1.I. The van der Waals surface area contributed by atoms with Crippen molar-refractivity contribution in [3.63, 3.8) is 0 Å². The first kappa shape index (κ1) is 23.0. The third kappa shape index (κ3) is 7.99. The van der Waals surface area contributed by atoms with Gasteiger partial charge in [-0.3, -0.25) is 4.99 Å². The Kier molecular flexibility index (Phi) is 11.3. The van der Waals surface area contributed by atoms with E-state index in [1.807, 2.05) is 7.05 Å². The van der Waals surface area contributed by atoms with Crippen molar-refractivity contribution in [2.24, 2.45) is 16.3 Å². The van der Waals surface area contributed by atoms with E-state index in [4.69, 9.17) is 4.74 Å². The summed E-state index contributed by atoms with van der Waals surface area (Å²) in [6.07, 6.45) is 9.21. The Morgan fingerprint density at radius 2 is 2.00 bits per heavy atom. The van der Waals surface area contributed by atoms with Gasteiger partial charge in [-0.2, -0.15) is 0 Å². The molecule has 2 N–H and O–H groups in total. The van der Waals surface area contributed by atoms with Gasteiger partial charge < -0.3 is 20.3 Å². The van der Waals surface area contributed by atoms with E-state index >= 15 is 0 Å². The quantitative estimate of drug-likeness (QED) is 0.328. The molecule has 0 spiro atoms. The van der Waals surface area contributed by atoms with Crippen molar-refractivity contribution in [2.75, 3.05) is 53.5 Å². The highest BCUT2D eigenvalue weighted by Crippen LogP contribution is 2.40. The number of piperidine rings is 1. The highest BCUT2D eigenvalue weighted by molar-refractivity contribution is 14.0. The summed E-state index contributed by atoms with van der Waals surface area (Å²) < 4.78 is 5.32. The highest BCUT2D eigenvalue weighted by atomic mass is 127. The van der Waals surface area contributed by atoms with Crippen LogP contribution in [-0.2, 0) is 4.74 Å². The molecule has 6 heteroatoms. The zero-order chi connectivity index (χ0) is 17.3. The van der Waals surface area contributed by atoms with Crippen LogP contribution in [0.2, 0.25) is 0 Å². The van der Waals surface area contributed by atoms with Crippen LogP contribution in [0.1, 0.15) is 51.9 Å². The fourth-order valence-corrected chi connectivity index (χ4v) is 4.27. The largest absolute Gasteiger partial charge is 0.385 e. The van der Waals surface area contributed by atoms with Crippen LogP contribution in [0.25, 0.3) is 0 Å². The number of nitrogens with zero attached hydrogens (tertiary/aromatic N) is 2. The van der Waals surface area contributed by atoms with Crippen molar-refractivity contribution in [1.29, 1.82) is 0 Å². The molecule has 25 heavy (non-hydrogen) atoms. The Morgan fingerprint density at radius 1 is 1.24 bits per heavy atom. The Bertz CT molecular complexity index is 386. The number of hydrogen-bond donors (Lipinski definition) is 2. The molecule has 2 fully saturated rings. The van der Waals surface area contributed by atoms with Crippen molar-refractivity contribution in [2.45, 2.75) is 51.9 Å². The summed E-state index contributed by atoms with van der Waals surface area (Å²) in [6, 6.07) is 0. The van der Waals surface area contributed by atoms with E-state index in [1.54, 1.807) is 7.11 Å². The predicted octanol–water partition coefficient (Wildman–Crippen LogP) is 3.10. The maximum absolute atomic E-state index is 5.32. The van der Waals surface area contributed by atoms with Crippen LogP contribution >= 0.6 is 24.0 Å². The fraction of sp³-hybridized carbons (Fsp3) is 0.947. The van der Waals surface area contributed by atoms with E-state index < -0.39 is 0 Å². The van der Waals surface area contributed by atoms with Gasteiger partial charge in [-0.05, 0) is 50.0 Å². The molecule has 0 aromatic heterocycles. The Hall–Kier alpha value is -0.0800. The summed E-state index contributed by atoms with van der Waals surface area (Å²) in [6.45, 7) is 8.81. The lowest BCUT2D eigenvalue weighted by molar-refractivity contribution is 0.138. The molecule has 1 saturated carbocycles. The predicted molar refractivity (Wildman–Crippen MR) is 117 cm³/mol. The second-order valence-electron chi connectivity index (χ2n) is 7.85. The summed E-state index contributed by atoms with van der Waals surface area (Å²) in [7, 11) is 3.67. The van der Waals surface area contributed by atoms with Gasteiger partial charge in [0.15, 0.2) is 5.96 Å². The van der Waals surface area contributed by atoms with Crippen LogP contribution in [0.15, 0.2) is 4.99 Å². The molecule has 0 aromatic rings. The van der Waals surface area contributed by atoms with Gasteiger partial charge in [-0.1, -0.05) is 19.8 Å². The minimum Gasteiger partial charge on any atom is -0.385 e. The molecule has 2 aliphatic rings. The molecule has 0 amide bonds. The van der Waals surface area contributed by atoms with Gasteiger partial charge in [0, 0.05) is 46.9 Å². The van der Waals surface area contributed by atoms with Crippen LogP contribution < -0.4 is 10.6 Å². The number of halogens is 1. The van der Waals surface area contributed by atoms with Crippen molar-refractivity contribution >= 4 is 29.9 Å². The highest BCUT2D eigenvalue weighted by Gasteiger charge is 2.33. The van der Waals surface area contributed by atoms with Gasteiger partial charge in [0.25, 0.3) is 0 Å². The first-order valence-corrected chi connectivity index (χ1v) is 9.83. The summed E-state index contributed by atoms with van der Waals surface area (Å²) in [5.74, 6) is 1.79. The van der Waals surface area contributed by atoms with Gasteiger partial charge in [0.1, 0.15) is 0 Å². The minimum absolute atomic E-state index is 0. The van der Waals surface area contributed by atoms with Crippen molar-refractivity contribution in [3.05, 3.63) is 0 Å². The van der Waals surface area contributed by atoms with Gasteiger partial charge >= 0.3 is 0 Å². The normalized spacial score (nSPS) is 24.0. The zero-order valence-corrected chi connectivity index (χ0v) is 18.8. The van der Waals surface area contributed by atoms with E-state index in [9.17, 15) is 0 Å². The van der Waals surface area contributed by atoms with Crippen molar-refractivity contribution < 1.29 is 4.74 Å². The van der Waals surface area contributed by atoms with E-state index in [0.29, 0.717) is 5.41 Å². The molecule has 1 saturated heterocycles. The fourth-order valence-electron chi connectivity index (χ4n) is 4.27. The molecule has 1 aliphatic heterocycles. The number of methoxy groups -OCH3 is 1. The Labute approximate surface area is 171 Å². The van der Waals surface area contributed by atoms with Crippen molar-refractivity contribution in [3.8, 4) is 0 Å². The number of nitrogens with one attached hydrogen (secondary N) is 2. The molecule has 2 rings (SSSR count). The summed E-state index contributed by atoms with van der Waals surface area (Å²) in [5.41, 5.74) is 0.399. The standard InChI is InChI=1S/C19H38N4O.HI/c1-17-7-6-12-23(15-17)13-11-21-18(20-2)22-16-19(10-14-24-3)8-4-5-9-19;/h17H,4-16H2,1-3H3,(H2,20,21,22);1H. The average Bonchev–Trinajstić information content (AvgIpc) is 3.05. The molecule has 0 aromatic carbocycles. The zero-order valence-electron chi connectivity index (χ0n) is 16.5. The summed E-state index contributed by atoms with van der Waals surface area (Å²) >= 11 is 0. The smallest absolute Gasteiger partial charge is 0.191 e. The van der Waals surface area contributed by atoms with Gasteiger partial charge in [-0.15, -0.1) is 24.0 Å². The maximum atomic E-state index is 5.32. The number of likely N-dealkylation sites (tertiary alicyclic amines) is 1. The molecule has 1 unspecified atom stereocenters. The van der Waals surface area contributed by atoms with E-state index in [2.05, 4.69) is 27.4 Å². The molecule has 0 radical (unpaired) electrons. The molecule has 1 heterocycles. The number of ether oxygens (including phenoxy) is 1. The Morgan fingerprint density at radius 3 is 2.64 bits per heavy atom. The van der Waals surface area contributed by atoms with Gasteiger partial charge in [0.05, 0.1) is 0 Å². The van der Waals surface area contributed by atoms with Gasteiger partial charge in [-0.25, -0.2) is 0 Å². The molecule has 1 aliphatic carbocycles. The first-order valence-electron chi connectivity index (χ1n) is 9.83. The Balaban J connectivity index is 0.00000312. The average molecular weight is 466 g/mol. The first-order chi connectivity index (χ1) is 11.7. The number of hydrogen-bond acceptors (Lipinski definition) is 3. The summed E-state index contributed by atoms with van der Waals surface area (Å²) in [5, 5.41) is 7.07. The lowest BCUT2D eigenvalue weighted by atomic mass is 9.83. The van der Waals surface area contributed by atoms with Crippen LogP contribution in [-0.4, -0.2) is 64.3 Å². The molecule has 1 atom stereocenters. The topological polar surface area (TPSA) is 48.9 Å². The second-order valence-corrected chi connectivity index (χ2v) is 7.85. The van der Waals surface area contributed by atoms with Crippen LogP contribution in [0, 0.1) is 11.3 Å². The third-order valence-corrected chi connectivity index (χ3v) is 5.82. The number of guanidine groups is 1. The lowest BCUT2D eigenvalue weighted by Gasteiger charge is -2.31. The van der Waals surface area contributed by atoms with E-state index in [0.717, 1.165) is 44.5 Å². The maximum Gasteiger partial charge on any atom is 0.191 e. The van der Waals surface area contributed by atoms with Crippen LogP contribution in [0.4, 0.5) is 0 Å². The van der Waals surface area contributed by atoms with Gasteiger partial charge in [0.2, 0.25) is 0 Å². The number of aliphatic imine (C=N–C) groups is 1. The lowest BCUT2D eigenvalue weighted by Crippen LogP contribution is -2.46. The van der Waals surface area contributed by atoms with Crippen LogP contribution in [0.3, 0.4) is 0 Å². The van der Waals surface area contributed by atoms with E-state index in [-0.39, 0.29) is 24.0 Å². The molecule has 148 valence electrons. The summed E-state index contributed by atoms with van der Waals surface area (Å²) in [4.78, 5) is 6.98. The third-order valence-electron chi connectivity index (χ3n) is 5.82. The molecular formula is C19H39IN4O. The molecule has 5 nitrogen and oxygen atoms in total. The second kappa shape index (κ2) is 12.3.